The Morgan fingerprint density at radius 1 is 1.08 bits per heavy atom. The molecule has 0 spiro atoms. The topological polar surface area (TPSA) is 107 Å². The number of ether oxygens (including phenoxy) is 1. The summed E-state index contributed by atoms with van der Waals surface area (Å²) < 4.78 is 22.5. The third kappa shape index (κ3) is 7.24. The van der Waals surface area contributed by atoms with Gasteiger partial charge in [0.25, 0.3) is 0 Å². The predicted molar refractivity (Wildman–Crippen MR) is 181 cm³/mol. The van der Waals surface area contributed by atoms with Gasteiger partial charge < -0.3 is 9.64 Å². The Balaban J connectivity index is 1.37. The first-order chi connectivity index (χ1) is 23.2. The van der Waals surface area contributed by atoms with E-state index in [0.717, 1.165) is 42.4 Å². The number of halogens is 2. The van der Waals surface area contributed by atoms with E-state index in [1.807, 2.05) is 19.1 Å². The molecule has 0 aliphatic carbocycles. The highest BCUT2D eigenvalue weighted by molar-refractivity contribution is 6.30. The van der Waals surface area contributed by atoms with Gasteiger partial charge in [0, 0.05) is 49.8 Å². The van der Waals surface area contributed by atoms with Crippen LogP contribution in [0, 0.1) is 12.7 Å². The van der Waals surface area contributed by atoms with Crippen LogP contribution in [0.3, 0.4) is 0 Å². The highest BCUT2D eigenvalue weighted by Crippen LogP contribution is 2.32. The van der Waals surface area contributed by atoms with Crippen LogP contribution in [0.2, 0.25) is 5.02 Å². The van der Waals surface area contributed by atoms with Gasteiger partial charge in [0.1, 0.15) is 29.9 Å². The van der Waals surface area contributed by atoms with Crippen molar-refractivity contribution in [3.63, 3.8) is 0 Å². The molecule has 2 bridgehead atoms. The van der Waals surface area contributed by atoms with Crippen molar-refractivity contribution in [2.24, 2.45) is 0 Å². The first kappa shape index (κ1) is 33.6. The van der Waals surface area contributed by atoms with Crippen molar-refractivity contribution in [2.75, 3.05) is 13.2 Å². The van der Waals surface area contributed by atoms with Crippen LogP contribution in [-0.2, 0) is 33.7 Å². The number of aryl methyl sites for hydroxylation is 2. The van der Waals surface area contributed by atoms with Crippen molar-refractivity contribution < 1.29 is 23.5 Å². The number of allylic oxidation sites excluding steroid dienone is 2. The number of ketones is 2. The lowest BCUT2D eigenvalue weighted by molar-refractivity contribution is -0.141. The first-order valence-electron chi connectivity index (χ1n) is 16.6. The molecule has 9 nitrogen and oxygen atoms in total. The van der Waals surface area contributed by atoms with Gasteiger partial charge in [0.15, 0.2) is 11.6 Å². The minimum atomic E-state index is -0.807. The molecular formula is C37H39ClFN5O4. The third-order valence-corrected chi connectivity index (χ3v) is 9.46. The van der Waals surface area contributed by atoms with E-state index in [9.17, 15) is 18.8 Å². The van der Waals surface area contributed by atoms with E-state index in [1.54, 1.807) is 34.1 Å². The van der Waals surface area contributed by atoms with Crippen molar-refractivity contribution in [1.82, 2.24) is 24.6 Å². The summed E-state index contributed by atoms with van der Waals surface area (Å²) in [6, 6.07) is 7.89. The van der Waals surface area contributed by atoms with Crippen LogP contribution < -0.4 is 0 Å². The van der Waals surface area contributed by atoms with Crippen molar-refractivity contribution in [2.45, 2.75) is 83.9 Å². The maximum atomic E-state index is 14.6. The summed E-state index contributed by atoms with van der Waals surface area (Å²) in [5, 5.41) is 5.33. The Morgan fingerprint density at radius 2 is 1.90 bits per heavy atom. The summed E-state index contributed by atoms with van der Waals surface area (Å²) in [5.74, 6) is -0.581. The van der Waals surface area contributed by atoms with Crippen LogP contribution in [-0.4, -0.2) is 67.4 Å². The number of hydrogen-bond acceptors (Lipinski definition) is 7. The standard InChI is InChI=1S/C37H39ClFN5O4/c1-23(45)35-29-19-27(28-20-40-24(2)41-21-28)18-26-10-7-5-3-4-6-8-17-48-32-15-16-43(33(47)22-44(42-35)36(26)29)37(32)31(46)14-13-25-11-9-12-30(38)34(25)39/h5,7,9,11-12,18-21,32,37H,3-4,6,8,10,13-17,22H2,1-2H3/b7-5+/t32-,37-/m1/s1. The second-order valence-electron chi connectivity index (χ2n) is 12.5. The molecular weight excluding hydrogens is 633 g/mol. The lowest BCUT2D eigenvalue weighted by atomic mass is 9.98. The molecule has 2 atom stereocenters. The molecule has 4 heterocycles. The Hall–Kier alpha value is -4.28. The molecule has 0 saturated carbocycles. The number of rotatable bonds is 6. The zero-order chi connectivity index (χ0) is 33.8. The molecule has 1 saturated heterocycles. The van der Waals surface area contributed by atoms with Crippen LogP contribution in [0.4, 0.5) is 4.39 Å². The van der Waals surface area contributed by atoms with Gasteiger partial charge in [-0.3, -0.25) is 19.1 Å². The van der Waals surface area contributed by atoms with Crippen LogP contribution in [0.25, 0.3) is 22.0 Å². The zero-order valence-corrected chi connectivity index (χ0v) is 28.0. The van der Waals surface area contributed by atoms with Gasteiger partial charge in [-0.1, -0.05) is 42.3 Å². The molecule has 2 aliphatic heterocycles. The fourth-order valence-corrected chi connectivity index (χ4v) is 6.91. The van der Waals surface area contributed by atoms with Crippen LogP contribution in [0.15, 0.2) is 54.9 Å². The van der Waals surface area contributed by atoms with Crippen LogP contribution in [0.5, 0.6) is 0 Å². The van der Waals surface area contributed by atoms with Crippen LogP contribution >= 0.6 is 11.6 Å². The summed E-state index contributed by atoms with van der Waals surface area (Å²) >= 11 is 5.98. The average molecular weight is 672 g/mol. The normalized spacial score (nSPS) is 19.8. The maximum Gasteiger partial charge on any atom is 0.245 e. The summed E-state index contributed by atoms with van der Waals surface area (Å²) in [6.07, 6.45) is 12.3. The molecule has 2 aromatic heterocycles. The van der Waals surface area contributed by atoms with E-state index in [1.165, 1.54) is 13.0 Å². The monoisotopic (exact) mass is 671 g/mol. The first-order valence-corrected chi connectivity index (χ1v) is 16.9. The highest BCUT2D eigenvalue weighted by Gasteiger charge is 2.42. The smallest absolute Gasteiger partial charge is 0.245 e. The Kier molecular flexibility index (Phi) is 10.4. The fourth-order valence-electron chi connectivity index (χ4n) is 6.71. The molecule has 48 heavy (non-hydrogen) atoms. The largest absolute Gasteiger partial charge is 0.376 e. The molecule has 4 aromatic rings. The lowest BCUT2D eigenvalue weighted by Crippen LogP contribution is -2.47. The Bertz CT molecular complexity index is 1870. The number of hydrogen-bond donors (Lipinski definition) is 0. The minimum absolute atomic E-state index is 0.00746. The summed E-state index contributed by atoms with van der Waals surface area (Å²) in [4.78, 5) is 51.2. The number of nitrogens with zero attached hydrogens (tertiary/aromatic N) is 5. The SMILES string of the molecule is CC(=O)c1nn2c3c(cc(-c4cnc(C)nc4)cc13)C/C=C/CCCCCO[C@@H]1CCN(C(=O)C2)[C@@H]1C(=O)CCc1cccc(Cl)c1F. The van der Waals surface area contributed by atoms with Crippen LogP contribution in [0.1, 0.15) is 72.9 Å². The second kappa shape index (κ2) is 14.9. The van der Waals surface area contributed by atoms with E-state index in [4.69, 9.17) is 16.3 Å². The highest BCUT2D eigenvalue weighted by atomic mass is 35.5. The molecule has 1 amide bonds. The van der Waals surface area contributed by atoms with Crippen molar-refractivity contribution in [3.8, 4) is 11.1 Å². The maximum absolute atomic E-state index is 14.6. The Morgan fingerprint density at radius 3 is 2.69 bits per heavy atom. The summed E-state index contributed by atoms with van der Waals surface area (Å²) in [5.41, 5.74) is 3.90. The number of carbonyl (C=O) groups excluding carboxylic acids is 3. The van der Waals surface area contributed by atoms with Crippen molar-refractivity contribution in [1.29, 1.82) is 0 Å². The van der Waals surface area contributed by atoms with E-state index in [0.29, 0.717) is 48.3 Å². The number of amides is 1. The quantitative estimate of drug-likeness (QED) is 0.167. The molecule has 0 unspecified atom stereocenters. The summed E-state index contributed by atoms with van der Waals surface area (Å²) in [6.45, 7) is 3.96. The molecule has 1 fully saturated rings. The predicted octanol–water partition coefficient (Wildman–Crippen LogP) is 6.66. The minimum Gasteiger partial charge on any atom is -0.376 e. The van der Waals surface area contributed by atoms with Gasteiger partial charge in [-0.25, -0.2) is 14.4 Å². The molecule has 11 heteroatoms. The van der Waals surface area contributed by atoms with Gasteiger partial charge in [-0.15, -0.1) is 0 Å². The van der Waals surface area contributed by atoms with Gasteiger partial charge in [0.05, 0.1) is 16.6 Å². The molecule has 0 N–H and O–H groups in total. The lowest BCUT2D eigenvalue weighted by Gasteiger charge is -2.27. The van der Waals surface area contributed by atoms with Crippen molar-refractivity contribution >= 4 is 40.0 Å². The number of aromatic nitrogens is 4. The second-order valence-corrected chi connectivity index (χ2v) is 13.0. The number of fused-ring (bicyclic) bond motifs is 2. The van der Waals surface area contributed by atoms with Crippen molar-refractivity contribution in [3.05, 3.63) is 88.4 Å². The molecule has 0 radical (unpaired) electrons. The number of carbonyl (C=O) groups is 3. The molecule has 250 valence electrons. The van der Waals surface area contributed by atoms with E-state index in [-0.39, 0.29) is 47.6 Å². The van der Waals surface area contributed by atoms with E-state index >= 15 is 0 Å². The zero-order valence-electron chi connectivity index (χ0n) is 27.3. The van der Waals surface area contributed by atoms with E-state index in [2.05, 4.69) is 27.2 Å². The third-order valence-electron chi connectivity index (χ3n) is 9.17. The van der Waals surface area contributed by atoms with E-state index < -0.39 is 18.0 Å². The Labute approximate surface area is 284 Å². The van der Waals surface area contributed by atoms with Gasteiger partial charge in [-0.2, -0.15) is 5.10 Å². The van der Waals surface area contributed by atoms with Gasteiger partial charge in [-0.05, 0) is 80.3 Å². The number of benzene rings is 2. The molecule has 6 rings (SSSR count). The van der Waals surface area contributed by atoms with Gasteiger partial charge in [0.2, 0.25) is 5.91 Å². The molecule has 2 aromatic carbocycles. The fraction of sp³-hybridized carbons (Fsp3) is 0.405. The summed E-state index contributed by atoms with van der Waals surface area (Å²) in [7, 11) is 0. The number of Topliss-reactive ketones (excluding diaryl/α,β-unsaturated/α-hetero) is 2. The molecule has 2 aliphatic rings. The van der Waals surface area contributed by atoms with Gasteiger partial charge >= 0.3 is 0 Å². The average Bonchev–Trinajstić information content (AvgIpc) is 3.66.